The summed E-state index contributed by atoms with van der Waals surface area (Å²) in [6, 6.07) is 22.8. The molecule has 3 aromatic carbocycles. The monoisotopic (exact) mass is 482 g/mol. The smallest absolute Gasteiger partial charge is 0.241 e. The number of nitrogens with zero attached hydrogens (tertiary/aromatic N) is 2. The average Bonchev–Trinajstić information content (AvgIpc) is 3.47. The van der Waals surface area contributed by atoms with Gasteiger partial charge in [0.05, 0.1) is 12.0 Å². The van der Waals surface area contributed by atoms with Crippen LogP contribution in [0.4, 0.5) is 0 Å². The lowest BCUT2D eigenvalue weighted by molar-refractivity contribution is -0.143. The van der Waals surface area contributed by atoms with E-state index in [4.69, 9.17) is 9.47 Å². The Morgan fingerprint density at radius 2 is 1.64 bits per heavy atom. The number of carbonyl (C=O) groups is 3. The molecular formula is C29H26N2O5. The minimum Gasteiger partial charge on any atom is -0.454 e. The van der Waals surface area contributed by atoms with Gasteiger partial charge in [0, 0.05) is 25.9 Å². The topological polar surface area (TPSA) is 76.1 Å². The van der Waals surface area contributed by atoms with E-state index in [2.05, 4.69) is 6.07 Å². The molecule has 3 aliphatic rings. The summed E-state index contributed by atoms with van der Waals surface area (Å²) in [5.41, 5.74) is 2.62. The fourth-order valence-corrected chi connectivity index (χ4v) is 5.48. The number of hydrogen-bond acceptors (Lipinski definition) is 5. The molecule has 1 unspecified atom stereocenters. The summed E-state index contributed by atoms with van der Waals surface area (Å²) in [5.74, 6) is 0.520. The zero-order valence-electron chi connectivity index (χ0n) is 19.8. The number of ether oxygens (including phenoxy) is 2. The molecule has 0 aromatic heterocycles. The van der Waals surface area contributed by atoms with E-state index in [9.17, 15) is 14.4 Å². The van der Waals surface area contributed by atoms with Gasteiger partial charge < -0.3 is 14.4 Å². The molecule has 0 saturated carbocycles. The Morgan fingerprint density at radius 3 is 2.47 bits per heavy atom. The second kappa shape index (κ2) is 8.82. The summed E-state index contributed by atoms with van der Waals surface area (Å²) in [4.78, 5) is 43.9. The van der Waals surface area contributed by atoms with Gasteiger partial charge in [-0.2, -0.15) is 0 Å². The summed E-state index contributed by atoms with van der Waals surface area (Å²) in [5, 5.41) is 0. The van der Waals surface area contributed by atoms with Crippen LogP contribution >= 0.6 is 0 Å². The van der Waals surface area contributed by atoms with Crippen LogP contribution in [0.1, 0.15) is 35.1 Å². The van der Waals surface area contributed by atoms with Gasteiger partial charge in [0.25, 0.3) is 0 Å². The van der Waals surface area contributed by atoms with Crippen molar-refractivity contribution in [2.45, 2.75) is 37.8 Å². The normalized spacial score (nSPS) is 20.6. The van der Waals surface area contributed by atoms with Crippen LogP contribution in [0.2, 0.25) is 0 Å². The largest absolute Gasteiger partial charge is 0.454 e. The molecule has 6 rings (SSSR count). The van der Waals surface area contributed by atoms with E-state index < -0.39 is 5.41 Å². The Morgan fingerprint density at radius 1 is 0.889 bits per heavy atom. The molecule has 0 aliphatic carbocycles. The molecule has 3 heterocycles. The van der Waals surface area contributed by atoms with Crippen molar-refractivity contribution in [2.24, 2.45) is 0 Å². The van der Waals surface area contributed by atoms with Crippen LogP contribution in [0.5, 0.6) is 11.5 Å². The molecule has 1 fully saturated rings. The average molecular weight is 483 g/mol. The van der Waals surface area contributed by atoms with Crippen molar-refractivity contribution in [3.05, 3.63) is 95.1 Å². The number of hydrogen-bond donors (Lipinski definition) is 0. The predicted molar refractivity (Wildman–Crippen MR) is 131 cm³/mol. The zero-order valence-corrected chi connectivity index (χ0v) is 19.8. The van der Waals surface area contributed by atoms with E-state index in [1.54, 1.807) is 12.1 Å². The molecule has 3 aliphatic heterocycles. The van der Waals surface area contributed by atoms with Crippen molar-refractivity contribution in [3.63, 3.8) is 0 Å². The van der Waals surface area contributed by atoms with Gasteiger partial charge in [-0.3, -0.25) is 19.3 Å². The van der Waals surface area contributed by atoms with Crippen LogP contribution in [0.15, 0.2) is 72.8 Å². The first kappa shape index (κ1) is 22.3. The minimum atomic E-state index is -1.22. The molecule has 3 amide bonds. The highest BCUT2D eigenvalue weighted by Gasteiger charge is 2.54. The van der Waals surface area contributed by atoms with Crippen molar-refractivity contribution in [1.29, 1.82) is 0 Å². The summed E-state index contributed by atoms with van der Waals surface area (Å²) < 4.78 is 10.8. The molecule has 0 radical (unpaired) electrons. The van der Waals surface area contributed by atoms with Crippen molar-refractivity contribution in [1.82, 2.24) is 9.80 Å². The Kier molecular flexibility index (Phi) is 5.48. The van der Waals surface area contributed by atoms with E-state index in [-0.39, 0.29) is 43.9 Å². The Hall–Kier alpha value is -4.13. The van der Waals surface area contributed by atoms with Gasteiger partial charge in [-0.1, -0.05) is 60.7 Å². The quantitative estimate of drug-likeness (QED) is 0.520. The molecule has 0 spiro atoms. The minimum absolute atomic E-state index is 0.0312. The van der Waals surface area contributed by atoms with Crippen molar-refractivity contribution >= 4 is 17.7 Å². The second-order valence-electron chi connectivity index (χ2n) is 9.61. The maximum absolute atomic E-state index is 14.0. The van der Waals surface area contributed by atoms with E-state index >= 15 is 0 Å². The van der Waals surface area contributed by atoms with Crippen LogP contribution in [-0.2, 0) is 39.3 Å². The number of fused-ring (bicyclic) bond motifs is 2. The van der Waals surface area contributed by atoms with E-state index in [1.807, 2.05) is 59.5 Å². The highest BCUT2D eigenvalue weighted by atomic mass is 16.7. The molecule has 182 valence electrons. The van der Waals surface area contributed by atoms with Crippen molar-refractivity contribution in [3.8, 4) is 11.5 Å². The fraction of sp³-hybridized carbons (Fsp3) is 0.276. The Labute approximate surface area is 209 Å². The summed E-state index contributed by atoms with van der Waals surface area (Å²) in [6.45, 7) is 1.39. The molecule has 7 nitrogen and oxygen atoms in total. The van der Waals surface area contributed by atoms with Gasteiger partial charge in [0.15, 0.2) is 11.5 Å². The lowest BCUT2D eigenvalue weighted by atomic mass is 9.75. The number of amides is 3. The zero-order chi connectivity index (χ0) is 24.7. The SMILES string of the molecule is O=C(CC1(c2ccccc2)CC(=O)N(Cc2ccc3c(c2)OCO3)C1=O)N1CCc2ccccc2C1. The number of likely N-dealkylation sites (tertiary alicyclic amines) is 1. The van der Waals surface area contributed by atoms with Crippen LogP contribution < -0.4 is 9.47 Å². The summed E-state index contributed by atoms with van der Waals surface area (Å²) >= 11 is 0. The summed E-state index contributed by atoms with van der Waals surface area (Å²) in [6.07, 6.45) is 0.710. The van der Waals surface area contributed by atoms with Gasteiger partial charge in [0.1, 0.15) is 0 Å². The molecule has 1 saturated heterocycles. The third-order valence-electron chi connectivity index (χ3n) is 7.45. The molecule has 7 heteroatoms. The molecule has 3 aromatic rings. The van der Waals surface area contributed by atoms with E-state index in [1.165, 1.54) is 10.5 Å². The maximum Gasteiger partial charge on any atom is 0.241 e. The number of rotatable bonds is 5. The van der Waals surface area contributed by atoms with Gasteiger partial charge >= 0.3 is 0 Å². The van der Waals surface area contributed by atoms with Crippen molar-refractivity contribution in [2.75, 3.05) is 13.3 Å². The third-order valence-corrected chi connectivity index (χ3v) is 7.45. The predicted octanol–water partition coefficient (Wildman–Crippen LogP) is 3.59. The lowest BCUT2D eigenvalue weighted by Gasteiger charge is -2.33. The molecule has 0 bridgehead atoms. The van der Waals surface area contributed by atoms with Gasteiger partial charge in [-0.25, -0.2) is 0 Å². The Bertz CT molecular complexity index is 1350. The highest BCUT2D eigenvalue weighted by Crippen LogP contribution is 2.42. The maximum atomic E-state index is 14.0. The van der Waals surface area contributed by atoms with E-state index in [0.29, 0.717) is 30.2 Å². The van der Waals surface area contributed by atoms with Crippen LogP contribution in [0, 0.1) is 0 Å². The number of benzene rings is 3. The van der Waals surface area contributed by atoms with Crippen LogP contribution in [-0.4, -0.2) is 40.9 Å². The first-order valence-corrected chi connectivity index (χ1v) is 12.2. The first-order valence-electron chi connectivity index (χ1n) is 12.2. The third kappa shape index (κ3) is 3.81. The molecule has 0 N–H and O–H groups in total. The second-order valence-corrected chi connectivity index (χ2v) is 9.61. The van der Waals surface area contributed by atoms with Gasteiger partial charge in [-0.15, -0.1) is 0 Å². The fourth-order valence-electron chi connectivity index (χ4n) is 5.48. The van der Waals surface area contributed by atoms with Crippen LogP contribution in [0.3, 0.4) is 0 Å². The van der Waals surface area contributed by atoms with Gasteiger partial charge in [0.2, 0.25) is 24.5 Å². The number of carbonyl (C=O) groups excluding carboxylic acids is 3. The molecule has 1 atom stereocenters. The highest BCUT2D eigenvalue weighted by molar-refractivity contribution is 6.10. The Balaban J connectivity index is 1.28. The van der Waals surface area contributed by atoms with Crippen LogP contribution in [0.25, 0.3) is 0 Å². The summed E-state index contributed by atoms with van der Waals surface area (Å²) in [7, 11) is 0. The molecular weight excluding hydrogens is 456 g/mol. The standard InChI is InChI=1S/C29H26N2O5/c32-26(30-13-12-21-6-4-5-7-22(21)18-30)15-29(23-8-2-1-3-9-23)16-27(33)31(28(29)34)17-20-10-11-24-25(14-20)36-19-35-24/h1-11,14H,12-13,15-19H2. The van der Waals surface area contributed by atoms with E-state index in [0.717, 1.165) is 17.5 Å². The lowest BCUT2D eigenvalue weighted by Crippen LogP contribution is -2.44. The van der Waals surface area contributed by atoms with Crippen molar-refractivity contribution < 1.29 is 23.9 Å². The number of imide groups is 1. The van der Waals surface area contributed by atoms with Gasteiger partial charge in [-0.05, 0) is 40.8 Å². The first-order chi connectivity index (χ1) is 17.5. The molecule has 36 heavy (non-hydrogen) atoms.